The third-order valence-electron chi connectivity index (χ3n) is 3.08. The minimum absolute atomic E-state index is 0.0578. The lowest BCUT2D eigenvalue weighted by Gasteiger charge is -1.98. The molecule has 0 amide bonds. The molecule has 0 fully saturated rings. The Balaban J connectivity index is 0.000000263. The summed E-state index contributed by atoms with van der Waals surface area (Å²) in [6.07, 6.45) is 2.93. The number of hydrogen-bond donors (Lipinski definition) is 3. The van der Waals surface area contributed by atoms with Crippen molar-refractivity contribution in [1.82, 2.24) is 0 Å². The average Bonchev–Trinajstić information content (AvgIpc) is 2.59. The van der Waals surface area contributed by atoms with Crippen molar-refractivity contribution >= 4 is 29.4 Å². The summed E-state index contributed by atoms with van der Waals surface area (Å²) in [5.41, 5.74) is 7.60. The molecule has 0 atom stereocenters. The molecule has 0 aliphatic rings. The van der Waals surface area contributed by atoms with Crippen LogP contribution in [0.15, 0.2) is 54.6 Å². The average molecular weight is 358 g/mol. The first-order valence-electron chi connectivity index (χ1n) is 7.49. The van der Waals surface area contributed by atoms with Crippen molar-refractivity contribution in [2.45, 2.75) is 12.8 Å². The van der Waals surface area contributed by atoms with Crippen molar-refractivity contribution < 1.29 is 24.7 Å². The van der Waals surface area contributed by atoms with Crippen LogP contribution in [0, 0.1) is 10.1 Å². The maximum atomic E-state index is 10.4. The number of nitro benzene ring substituents is 1. The molecule has 2 rings (SSSR count). The molecule has 0 radical (unpaired) electrons. The molecule has 0 heterocycles. The number of carbonyl (C=O) groups is 2. The Morgan fingerprint density at radius 1 is 1.12 bits per heavy atom. The smallest absolute Gasteiger partial charge is 0.328 e. The lowest BCUT2D eigenvalue weighted by atomic mass is 10.1. The van der Waals surface area contributed by atoms with E-state index in [0.29, 0.717) is 17.7 Å². The van der Waals surface area contributed by atoms with Gasteiger partial charge in [0.05, 0.1) is 4.92 Å². The molecule has 8 heteroatoms. The van der Waals surface area contributed by atoms with E-state index in [0.717, 1.165) is 11.6 Å². The molecule has 8 nitrogen and oxygen atoms in total. The Morgan fingerprint density at radius 3 is 2.38 bits per heavy atom. The Kier molecular flexibility index (Phi) is 8.02. The first-order chi connectivity index (χ1) is 12.3. The van der Waals surface area contributed by atoms with Crippen LogP contribution in [-0.2, 0) is 16.0 Å². The van der Waals surface area contributed by atoms with Crippen LogP contribution in [0.5, 0.6) is 0 Å². The zero-order valence-electron chi connectivity index (χ0n) is 13.7. The van der Waals surface area contributed by atoms with Crippen molar-refractivity contribution in [2.24, 2.45) is 0 Å². The van der Waals surface area contributed by atoms with Crippen LogP contribution in [0.1, 0.15) is 17.5 Å². The number of aliphatic carboxylic acids is 2. The maximum Gasteiger partial charge on any atom is 0.328 e. The second-order valence-electron chi connectivity index (χ2n) is 5.16. The number of nitrogen functional groups attached to an aromatic ring is 1. The zero-order valence-corrected chi connectivity index (χ0v) is 13.7. The number of carboxylic acids is 2. The van der Waals surface area contributed by atoms with Gasteiger partial charge in [-0.15, -0.1) is 0 Å². The molecule has 4 N–H and O–H groups in total. The summed E-state index contributed by atoms with van der Waals surface area (Å²) < 4.78 is 0. The van der Waals surface area contributed by atoms with Crippen LogP contribution >= 0.6 is 0 Å². The SMILES string of the molecule is Nc1cccc(CCC(=O)O)c1.O=C(O)C=Cc1cccc([N+](=O)[O-])c1. The van der Waals surface area contributed by atoms with E-state index in [1.54, 1.807) is 18.2 Å². The molecular weight excluding hydrogens is 340 g/mol. The fraction of sp³-hybridized carbons (Fsp3) is 0.111. The lowest BCUT2D eigenvalue weighted by molar-refractivity contribution is -0.384. The van der Waals surface area contributed by atoms with E-state index in [9.17, 15) is 19.7 Å². The Labute approximate surface area is 149 Å². The van der Waals surface area contributed by atoms with E-state index in [1.165, 1.54) is 24.3 Å². The minimum atomic E-state index is -1.09. The first kappa shape index (κ1) is 20.4. The number of carboxylic acid groups (broad SMARTS) is 2. The third-order valence-corrected chi connectivity index (χ3v) is 3.08. The van der Waals surface area contributed by atoms with Gasteiger partial charge in [0.2, 0.25) is 0 Å². The highest BCUT2D eigenvalue weighted by Crippen LogP contribution is 2.13. The Bertz CT molecular complexity index is 817. The Morgan fingerprint density at radius 2 is 1.81 bits per heavy atom. The number of hydrogen-bond acceptors (Lipinski definition) is 5. The van der Waals surface area contributed by atoms with Gasteiger partial charge in [0.15, 0.2) is 0 Å². The zero-order chi connectivity index (χ0) is 19.5. The molecule has 2 aromatic carbocycles. The minimum Gasteiger partial charge on any atom is -0.481 e. The Hall–Kier alpha value is -3.68. The predicted octanol–water partition coefficient (Wildman–Crippen LogP) is 2.98. The van der Waals surface area contributed by atoms with Gasteiger partial charge in [-0.2, -0.15) is 0 Å². The highest BCUT2D eigenvalue weighted by molar-refractivity contribution is 5.85. The summed E-state index contributed by atoms with van der Waals surface area (Å²) in [4.78, 5) is 30.2. The van der Waals surface area contributed by atoms with E-state index in [1.807, 2.05) is 12.1 Å². The van der Waals surface area contributed by atoms with E-state index in [4.69, 9.17) is 15.9 Å². The number of non-ortho nitro benzene ring substituents is 1. The molecule has 0 aliphatic heterocycles. The van der Waals surface area contributed by atoms with Crippen molar-refractivity contribution in [3.8, 4) is 0 Å². The number of benzene rings is 2. The molecule has 2 aromatic rings. The van der Waals surface area contributed by atoms with Gasteiger partial charge in [0, 0.05) is 30.3 Å². The number of nitrogens with zero attached hydrogens (tertiary/aromatic N) is 1. The van der Waals surface area contributed by atoms with Gasteiger partial charge in [-0.1, -0.05) is 24.3 Å². The van der Waals surface area contributed by atoms with Crippen LogP contribution in [0.2, 0.25) is 0 Å². The number of nitro groups is 1. The molecule has 0 aromatic heterocycles. The van der Waals surface area contributed by atoms with E-state index in [-0.39, 0.29) is 12.1 Å². The number of rotatable bonds is 6. The van der Waals surface area contributed by atoms with Gasteiger partial charge in [-0.3, -0.25) is 14.9 Å². The number of anilines is 1. The number of aryl methyl sites for hydroxylation is 1. The highest BCUT2D eigenvalue weighted by atomic mass is 16.6. The van der Waals surface area contributed by atoms with Gasteiger partial charge in [-0.25, -0.2) is 4.79 Å². The van der Waals surface area contributed by atoms with E-state index < -0.39 is 16.9 Å². The highest BCUT2D eigenvalue weighted by Gasteiger charge is 2.03. The van der Waals surface area contributed by atoms with Crippen LogP contribution < -0.4 is 5.73 Å². The van der Waals surface area contributed by atoms with Gasteiger partial charge in [0.1, 0.15) is 0 Å². The summed E-state index contributed by atoms with van der Waals surface area (Å²) in [6.45, 7) is 0. The molecule has 0 saturated heterocycles. The fourth-order valence-electron chi connectivity index (χ4n) is 1.91. The van der Waals surface area contributed by atoms with Crippen LogP contribution in [0.25, 0.3) is 6.08 Å². The topological polar surface area (TPSA) is 144 Å². The lowest BCUT2D eigenvalue weighted by Crippen LogP contribution is -1.97. The standard InChI is InChI=1S/C9H7NO4.C9H11NO2/c11-9(12)5-4-7-2-1-3-8(6-7)10(13)14;10-8-3-1-2-7(6-8)4-5-9(11)12/h1-6H,(H,11,12);1-3,6H,4-5,10H2,(H,11,12). The van der Waals surface area contributed by atoms with Crippen molar-refractivity contribution in [1.29, 1.82) is 0 Å². The van der Waals surface area contributed by atoms with Crippen LogP contribution in [0.4, 0.5) is 11.4 Å². The molecular formula is C18H18N2O6. The first-order valence-corrected chi connectivity index (χ1v) is 7.49. The normalized spacial score (nSPS) is 10.0. The molecule has 136 valence electrons. The van der Waals surface area contributed by atoms with Crippen LogP contribution in [-0.4, -0.2) is 27.1 Å². The van der Waals surface area contributed by atoms with Gasteiger partial charge >= 0.3 is 11.9 Å². The molecule has 0 saturated carbocycles. The van der Waals surface area contributed by atoms with Gasteiger partial charge in [0.25, 0.3) is 5.69 Å². The second kappa shape index (κ2) is 10.2. The second-order valence-corrected chi connectivity index (χ2v) is 5.16. The third kappa shape index (κ3) is 8.25. The largest absolute Gasteiger partial charge is 0.481 e. The molecule has 0 unspecified atom stereocenters. The molecule has 0 spiro atoms. The maximum absolute atomic E-state index is 10.4. The number of nitrogens with two attached hydrogens (primary N) is 1. The summed E-state index contributed by atoms with van der Waals surface area (Å²) in [7, 11) is 0. The predicted molar refractivity (Wildman–Crippen MR) is 96.6 cm³/mol. The van der Waals surface area contributed by atoms with Crippen molar-refractivity contribution in [3.63, 3.8) is 0 Å². The van der Waals surface area contributed by atoms with Crippen molar-refractivity contribution in [3.05, 3.63) is 75.8 Å². The molecule has 0 aliphatic carbocycles. The quantitative estimate of drug-likeness (QED) is 0.311. The van der Waals surface area contributed by atoms with Crippen molar-refractivity contribution in [2.75, 3.05) is 5.73 Å². The fourth-order valence-corrected chi connectivity index (χ4v) is 1.91. The summed E-state index contributed by atoms with van der Waals surface area (Å²) in [6, 6.07) is 13.0. The summed E-state index contributed by atoms with van der Waals surface area (Å²) >= 11 is 0. The van der Waals surface area contributed by atoms with E-state index in [2.05, 4.69) is 0 Å². The van der Waals surface area contributed by atoms with Gasteiger partial charge in [-0.05, 0) is 35.8 Å². The summed E-state index contributed by atoms with van der Waals surface area (Å²) in [5, 5.41) is 27.1. The van der Waals surface area contributed by atoms with Gasteiger partial charge < -0.3 is 15.9 Å². The molecule has 26 heavy (non-hydrogen) atoms. The van der Waals surface area contributed by atoms with Crippen LogP contribution in [0.3, 0.4) is 0 Å². The monoisotopic (exact) mass is 358 g/mol. The van der Waals surface area contributed by atoms with E-state index >= 15 is 0 Å². The summed E-state index contributed by atoms with van der Waals surface area (Å²) in [5.74, 6) is -1.87. The molecule has 0 bridgehead atoms.